The number of nitrogens with zero attached hydrogens (tertiary/aromatic N) is 2. The second-order valence-corrected chi connectivity index (χ2v) is 8.85. The molecule has 2 aromatic rings. The summed E-state index contributed by atoms with van der Waals surface area (Å²) in [6, 6.07) is 6.55. The van der Waals surface area contributed by atoms with Crippen LogP contribution in [0.15, 0.2) is 46.9 Å². The molecule has 0 saturated carbocycles. The van der Waals surface area contributed by atoms with E-state index < -0.39 is 0 Å². The quantitative estimate of drug-likeness (QED) is 0.492. The largest absolute Gasteiger partial charge is 0.494 e. The summed E-state index contributed by atoms with van der Waals surface area (Å²) in [6.45, 7) is 3.38. The van der Waals surface area contributed by atoms with E-state index in [1.54, 1.807) is 7.11 Å². The summed E-state index contributed by atoms with van der Waals surface area (Å²) in [4.78, 5) is 8.20. The minimum atomic E-state index is 0.847. The van der Waals surface area contributed by atoms with Gasteiger partial charge in [0.05, 0.1) is 18.5 Å². The summed E-state index contributed by atoms with van der Waals surface area (Å²) in [6.07, 6.45) is 20.4. The first-order valence-electron chi connectivity index (χ1n) is 12.2. The summed E-state index contributed by atoms with van der Waals surface area (Å²) in [5, 5.41) is 0. The van der Waals surface area contributed by atoms with Gasteiger partial charge in [-0.05, 0) is 61.9 Å². The van der Waals surface area contributed by atoms with Crippen molar-refractivity contribution in [3.8, 4) is 0 Å². The lowest BCUT2D eigenvalue weighted by atomic mass is 10.0. The van der Waals surface area contributed by atoms with E-state index in [1.165, 1.54) is 81.2 Å². The van der Waals surface area contributed by atoms with Gasteiger partial charge >= 0.3 is 0 Å². The highest BCUT2D eigenvalue weighted by molar-refractivity contribution is 6.11. The molecule has 0 spiro atoms. The Labute approximate surface area is 187 Å². The number of methoxy groups -OCH3 is 1. The molecule has 3 heterocycles. The van der Waals surface area contributed by atoms with Crippen molar-refractivity contribution >= 4 is 11.8 Å². The number of aromatic amines is 1. The molecule has 4 nitrogen and oxygen atoms in total. The normalized spacial score (nSPS) is 18.6. The van der Waals surface area contributed by atoms with Crippen LogP contribution in [0.4, 0.5) is 0 Å². The van der Waals surface area contributed by atoms with Crippen LogP contribution in [-0.4, -0.2) is 22.4 Å². The van der Waals surface area contributed by atoms with Crippen LogP contribution in [0.1, 0.15) is 87.4 Å². The lowest BCUT2D eigenvalue weighted by Gasteiger charge is -2.14. The number of hydrogen-bond donors (Lipinski definition) is 1. The van der Waals surface area contributed by atoms with E-state index in [1.807, 2.05) is 18.3 Å². The van der Waals surface area contributed by atoms with Crippen LogP contribution < -0.4 is 0 Å². The molecule has 1 aliphatic heterocycles. The van der Waals surface area contributed by atoms with Crippen LogP contribution in [0.2, 0.25) is 0 Å². The number of H-pyrrole nitrogens is 1. The number of hydrogen-bond acceptors (Lipinski definition) is 2. The number of allylic oxidation sites excluding steroid dienone is 1. The molecular formula is C27H37N3O. The van der Waals surface area contributed by atoms with Crippen LogP contribution in [0.3, 0.4) is 0 Å². The maximum atomic E-state index is 5.72. The molecule has 2 aromatic heterocycles. The molecule has 4 rings (SSSR count). The van der Waals surface area contributed by atoms with Crippen LogP contribution in [0.5, 0.6) is 0 Å². The van der Waals surface area contributed by atoms with Crippen molar-refractivity contribution in [2.45, 2.75) is 84.1 Å². The fourth-order valence-corrected chi connectivity index (χ4v) is 4.81. The van der Waals surface area contributed by atoms with E-state index >= 15 is 0 Å². The first kappa shape index (κ1) is 21.7. The van der Waals surface area contributed by atoms with Gasteiger partial charge in [-0.15, -0.1) is 0 Å². The Bertz CT molecular complexity index is 944. The molecule has 0 unspecified atom stereocenters. The smallest absolute Gasteiger partial charge is 0.146 e. The van der Waals surface area contributed by atoms with E-state index in [9.17, 15) is 0 Å². The predicted molar refractivity (Wildman–Crippen MR) is 129 cm³/mol. The maximum absolute atomic E-state index is 5.72. The van der Waals surface area contributed by atoms with Crippen LogP contribution in [-0.2, 0) is 24.1 Å². The number of aryl methyl sites for hydroxylation is 2. The van der Waals surface area contributed by atoms with Gasteiger partial charge in [0, 0.05) is 30.2 Å². The van der Waals surface area contributed by atoms with Gasteiger partial charge in [-0.1, -0.05) is 45.4 Å². The molecule has 31 heavy (non-hydrogen) atoms. The first-order chi connectivity index (χ1) is 15.3. The van der Waals surface area contributed by atoms with E-state index in [2.05, 4.69) is 34.7 Å². The van der Waals surface area contributed by atoms with Crippen molar-refractivity contribution in [3.63, 3.8) is 0 Å². The lowest BCUT2D eigenvalue weighted by Crippen LogP contribution is -2.07. The maximum Gasteiger partial charge on any atom is 0.146 e. The van der Waals surface area contributed by atoms with Gasteiger partial charge in [0.15, 0.2) is 0 Å². The van der Waals surface area contributed by atoms with E-state index in [0.29, 0.717) is 0 Å². The van der Waals surface area contributed by atoms with Crippen molar-refractivity contribution < 1.29 is 4.74 Å². The van der Waals surface area contributed by atoms with Gasteiger partial charge in [-0.2, -0.15) is 0 Å². The predicted octanol–water partition coefficient (Wildman–Crippen LogP) is 6.82. The second kappa shape index (κ2) is 10.7. The third kappa shape index (κ3) is 5.23. The summed E-state index contributed by atoms with van der Waals surface area (Å²) >= 11 is 0. The monoisotopic (exact) mass is 419 g/mol. The average molecular weight is 420 g/mol. The fourth-order valence-electron chi connectivity index (χ4n) is 4.81. The number of rotatable bonds is 7. The molecular weight excluding hydrogens is 382 g/mol. The number of aromatic nitrogens is 2. The van der Waals surface area contributed by atoms with Crippen LogP contribution in [0.25, 0.3) is 6.08 Å². The van der Waals surface area contributed by atoms with Crippen molar-refractivity contribution in [2.24, 2.45) is 4.99 Å². The molecule has 0 atom stereocenters. The first-order valence-corrected chi connectivity index (χ1v) is 12.2. The third-order valence-corrected chi connectivity index (χ3v) is 6.55. The third-order valence-electron chi connectivity index (χ3n) is 6.55. The topological polar surface area (TPSA) is 42.3 Å². The van der Waals surface area contributed by atoms with Gasteiger partial charge in [0.2, 0.25) is 0 Å². The fraction of sp³-hybridized carbons (Fsp3) is 0.519. The van der Waals surface area contributed by atoms with Crippen molar-refractivity contribution in [1.82, 2.24) is 9.55 Å². The highest BCUT2D eigenvalue weighted by Gasteiger charge is 2.20. The molecule has 4 heteroatoms. The zero-order valence-electron chi connectivity index (χ0n) is 19.3. The molecule has 1 aliphatic carbocycles. The minimum Gasteiger partial charge on any atom is -0.494 e. The summed E-state index contributed by atoms with van der Waals surface area (Å²) in [5.41, 5.74) is 7.24. The van der Waals surface area contributed by atoms with E-state index in [-0.39, 0.29) is 0 Å². The standard InChI is InChI=1S/C27H37N3O/c1-3-4-11-17-30-22-14-10-8-6-5-7-9-13-21(18-22)26(30)19-25-27(31-2)20-24(29-25)23-15-12-16-28-23/h12,15-16,18-20,28H,3-11,13-14,17H2,1-2H3. The van der Waals surface area contributed by atoms with Gasteiger partial charge in [0.1, 0.15) is 11.5 Å². The summed E-state index contributed by atoms with van der Waals surface area (Å²) in [7, 11) is 1.74. The highest BCUT2D eigenvalue weighted by Crippen LogP contribution is 2.30. The lowest BCUT2D eigenvalue weighted by molar-refractivity contribution is 0.303. The molecule has 2 bridgehead atoms. The second-order valence-electron chi connectivity index (χ2n) is 8.85. The van der Waals surface area contributed by atoms with Crippen molar-refractivity contribution in [2.75, 3.05) is 7.11 Å². The van der Waals surface area contributed by atoms with Gasteiger partial charge in [-0.25, -0.2) is 4.99 Å². The average Bonchev–Trinajstić information content (AvgIpc) is 3.49. The van der Waals surface area contributed by atoms with E-state index in [4.69, 9.17) is 9.73 Å². The van der Waals surface area contributed by atoms with Gasteiger partial charge < -0.3 is 14.3 Å². The Morgan fingerprint density at radius 1 is 1.10 bits per heavy atom. The Morgan fingerprint density at radius 2 is 1.90 bits per heavy atom. The molecule has 0 saturated heterocycles. The Balaban J connectivity index is 1.73. The molecule has 166 valence electrons. The highest BCUT2D eigenvalue weighted by atomic mass is 16.5. The molecule has 0 radical (unpaired) electrons. The molecule has 1 N–H and O–H groups in total. The van der Waals surface area contributed by atoms with Crippen molar-refractivity contribution in [1.29, 1.82) is 0 Å². The summed E-state index contributed by atoms with van der Waals surface area (Å²) in [5.74, 6) is 0.847. The zero-order chi connectivity index (χ0) is 21.5. The number of unbranched alkanes of at least 4 members (excludes halogenated alkanes) is 2. The van der Waals surface area contributed by atoms with Crippen LogP contribution in [0, 0.1) is 0 Å². The zero-order valence-corrected chi connectivity index (χ0v) is 19.3. The Kier molecular flexibility index (Phi) is 7.50. The molecule has 0 amide bonds. The number of aliphatic imine (C=N–C) groups is 1. The number of ether oxygens (including phenoxy) is 1. The Morgan fingerprint density at radius 3 is 2.65 bits per heavy atom. The van der Waals surface area contributed by atoms with Gasteiger partial charge in [0.25, 0.3) is 0 Å². The van der Waals surface area contributed by atoms with Crippen LogP contribution >= 0.6 is 0 Å². The minimum absolute atomic E-state index is 0.847. The van der Waals surface area contributed by atoms with Gasteiger partial charge in [-0.3, -0.25) is 0 Å². The summed E-state index contributed by atoms with van der Waals surface area (Å²) < 4.78 is 8.31. The van der Waals surface area contributed by atoms with E-state index in [0.717, 1.165) is 35.8 Å². The SMILES string of the molecule is CCCCCn1c2cc(c1C=C1N=C(c3ccc[nH]3)C=C1OC)CCCCCCCC2. The number of fused-ring (bicyclic) bond motifs is 2. The number of nitrogens with one attached hydrogen (secondary N) is 1. The van der Waals surface area contributed by atoms with Crippen molar-refractivity contribution in [3.05, 3.63) is 64.6 Å². The molecule has 0 fully saturated rings. The Hall–Kier alpha value is -2.49. The molecule has 0 aromatic carbocycles. The molecule has 2 aliphatic rings.